The second kappa shape index (κ2) is 7.28. The predicted octanol–water partition coefficient (Wildman–Crippen LogP) is 1.44. The Hall–Kier alpha value is -1.79. The number of anilines is 2. The van der Waals surface area contributed by atoms with Gasteiger partial charge >= 0.3 is 0 Å². The zero-order valence-corrected chi connectivity index (χ0v) is 13.1. The lowest BCUT2D eigenvalue weighted by Gasteiger charge is -2.30. The van der Waals surface area contributed by atoms with Gasteiger partial charge in [0.1, 0.15) is 0 Å². The summed E-state index contributed by atoms with van der Waals surface area (Å²) < 4.78 is 0. The lowest BCUT2D eigenvalue weighted by molar-refractivity contribution is -0.124. The first-order valence-electron chi connectivity index (χ1n) is 6.62. The highest BCUT2D eigenvalue weighted by atomic mass is 35.5. The molecule has 1 aromatic rings. The van der Waals surface area contributed by atoms with E-state index in [0.717, 1.165) is 0 Å². The fourth-order valence-corrected chi connectivity index (χ4v) is 2.20. The fraction of sp³-hybridized carbons (Fsp3) is 0.429. The van der Waals surface area contributed by atoms with E-state index in [1.165, 1.54) is 0 Å². The van der Waals surface area contributed by atoms with E-state index in [-0.39, 0.29) is 18.5 Å². The number of nitrogens with one attached hydrogen (secondary N) is 1. The quantitative estimate of drug-likeness (QED) is 0.692. The molecule has 0 aliphatic rings. The van der Waals surface area contributed by atoms with E-state index < -0.39 is 11.9 Å². The first-order chi connectivity index (χ1) is 9.72. The number of hydrogen-bond acceptors (Lipinski definition) is 4. The SMILES string of the molecule is CC(C)N(CC(N)=O)C(C)C(=O)Nc1ccc(N)cc1Cl. The first-order valence-corrected chi connectivity index (χ1v) is 7.00. The molecule has 1 atom stereocenters. The molecule has 0 aromatic heterocycles. The molecule has 1 aromatic carbocycles. The molecule has 0 saturated carbocycles. The van der Waals surface area contributed by atoms with Crippen molar-refractivity contribution in [2.45, 2.75) is 32.9 Å². The largest absolute Gasteiger partial charge is 0.399 e. The Morgan fingerprint density at radius 1 is 1.33 bits per heavy atom. The molecule has 2 amide bonds. The summed E-state index contributed by atoms with van der Waals surface area (Å²) in [4.78, 5) is 25.1. The van der Waals surface area contributed by atoms with Crippen LogP contribution in [0.3, 0.4) is 0 Å². The van der Waals surface area contributed by atoms with Gasteiger partial charge in [-0.15, -0.1) is 0 Å². The van der Waals surface area contributed by atoms with Crippen molar-refractivity contribution >= 4 is 34.8 Å². The van der Waals surface area contributed by atoms with Crippen LogP contribution in [0.15, 0.2) is 18.2 Å². The Morgan fingerprint density at radius 3 is 2.43 bits per heavy atom. The number of nitrogens with two attached hydrogens (primary N) is 2. The van der Waals surface area contributed by atoms with Crippen LogP contribution in [0.1, 0.15) is 20.8 Å². The molecule has 5 N–H and O–H groups in total. The average Bonchev–Trinajstić information content (AvgIpc) is 2.37. The zero-order valence-electron chi connectivity index (χ0n) is 12.4. The summed E-state index contributed by atoms with van der Waals surface area (Å²) in [6.45, 7) is 5.51. The number of benzene rings is 1. The van der Waals surface area contributed by atoms with E-state index in [1.807, 2.05) is 13.8 Å². The lowest BCUT2D eigenvalue weighted by Crippen LogP contribution is -2.49. The van der Waals surface area contributed by atoms with Crippen molar-refractivity contribution in [2.75, 3.05) is 17.6 Å². The van der Waals surface area contributed by atoms with E-state index in [4.69, 9.17) is 23.1 Å². The third-order valence-electron chi connectivity index (χ3n) is 3.13. The molecule has 0 radical (unpaired) electrons. The van der Waals surface area contributed by atoms with E-state index in [1.54, 1.807) is 30.0 Å². The number of hydrogen-bond donors (Lipinski definition) is 3. The van der Waals surface area contributed by atoms with Crippen LogP contribution < -0.4 is 16.8 Å². The van der Waals surface area contributed by atoms with Crippen LogP contribution in [0.4, 0.5) is 11.4 Å². The highest BCUT2D eigenvalue weighted by molar-refractivity contribution is 6.34. The summed E-state index contributed by atoms with van der Waals surface area (Å²) in [6.07, 6.45) is 0. The van der Waals surface area contributed by atoms with E-state index in [2.05, 4.69) is 5.32 Å². The van der Waals surface area contributed by atoms with Crippen molar-refractivity contribution < 1.29 is 9.59 Å². The van der Waals surface area contributed by atoms with Gasteiger partial charge in [0.05, 0.1) is 23.3 Å². The van der Waals surface area contributed by atoms with Gasteiger partial charge < -0.3 is 16.8 Å². The molecule has 0 saturated heterocycles. The summed E-state index contributed by atoms with van der Waals surface area (Å²) >= 11 is 6.02. The molecule has 0 bridgehead atoms. The van der Waals surface area contributed by atoms with Crippen LogP contribution in [-0.2, 0) is 9.59 Å². The summed E-state index contributed by atoms with van der Waals surface area (Å²) in [5.74, 6) is -0.745. The van der Waals surface area contributed by atoms with Crippen LogP contribution in [0.25, 0.3) is 0 Å². The third-order valence-corrected chi connectivity index (χ3v) is 3.44. The summed E-state index contributed by atoms with van der Waals surface area (Å²) in [6, 6.07) is 4.32. The van der Waals surface area contributed by atoms with Crippen LogP contribution in [0, 0.1) is 0 Å². The number of carbonyl (C=O) groups is 2. The summed E-state index contributed by atoms with van der Waals surface area (Å²) in [7, 11) is 0. The molecular formula is C14H21ClN4O2. The second-order valence-electron chi connectivity index (χ2n) is 5.14. The Balaban J connectivity index is 2.83. The molecule has 0 aliphatic heterocycles. The van der Waals surface area contributed by atoms with Crippen molar-refractivity contribution in [3.05, 3.63) is 23.2 Å². The smallest absolute Gasteiger partial charge is 0.241 e. The molecule has 6 nitrogen and oxygen atoms in total. The van der Waals surface area contributed by atoms with E-state index in [9.17, 15) is 9.59 Å². The molecule has 116 valence electrons. The maximum atomic E-state index is 12.3. The van der Waals surface area contributed by atoms with Crippen LogP contribution in [0.2, 0.25) is 5.02 Å². The number of nitrogen functional groups attached to an aromatic ring is 1. The zero-order chi connectivity index (χ0) is 16.2. The van der Waals surface area contributed by atoms with Gasteiger partial charge in [0.2, 0.25) is 11.8 Å². The highest BCUT2D eigenvalue weighted by Gasteiger charge is 2.25. The molecule has 0 heterocycles. The molecule has 1 unspecified atom stereocenters. The van der Waals surface area contributed by atoms with Gasteiger partial charge in [0, 0.05) is 11.7 Å². The van der Waals surface area contributed by atoms with Crippen molar-refractivity contribution in [2.24, 2.45) is 5.73 Å². The normalized spacial score (nSPS) is 12.5. The van der Waals surface area contributed by atoms with Gasteiger partial charge in [-0.2, -0.15) is 0 Å². The summed E-state index contributed by atoms with van der Waals surface area (Å²) in [5.41, 5.74) is 11.8. The highest BCUT2D eigenvalue weighted by Crippen LogP contribution is 2.24. The topological polar surface area (TPSA) is 101 Å². The Morgan fingerprint density at radius 2 is 1.95 bits per heavy atom. The number of halogens is 1. The number of amides is 2. The van der Waals surface area contributed by atoms with Crippen molar-refractivity contribution in [1.29, 1.82) is 0 Å². The molecule has 7 heteroatoms. The maximum absolute atomic E-state index is 12.3. The van der Waals surface area contributed by atoms with Gasteiger partial charge in [-0.05, 0) is 39.0 Å². The Kier molecular flexibility index (Phi) is 5.99. The average molecular weight is 313 g/mol. The Labute approximate surface area is 129 Å². The minimum absolute atomic E-state index is 0.000129. The number of nitrogens with zero attached hydrogens (tertiary/aromatic N) is 1. The van der Waals surface area contributed by atoms with Gasteiger partial charge in [-0.3, -0.25) is 14.5 Å². The van der Waals surface area contributed by atoms with Crippen LogP contribution >= 0.6 is 11.6 Å². The molecule has 21 heavy (non-hydrogen) atoms. The minimum Gasteiger partial charge on any atom is -0.399 e. The van der Waals surface area contributed by atoms with Gasteiger partial charge in [-0.1, -0.05) is 11.6 Å². The predicted molar refractivity (Wildman–Crippen MR) is 85.0 cm³/mol. The van der Waals surface area contributed by atoms with Gasteiger partial charge in [0.25, 0.3) is 0 Å². The summed E-state index contributed by atoms with van der Waals surface area (Å²) in [5, 5.41) is 3.09. The van der Waals surface area contributed by atoms with Gasteiger partial charge in [-0.25, -0.2) is 0 Å². The Bertz CT molecular complexity index is 534. The van der Waals surface area contributed by atoms with E-state index >= 15 is 0 Å². The maximum Gasteiger partial charge on any atom is 0.241 e. The number of carbonyl (C=O) groups excluding carboxylic acids is 2. The monoisotopic (exact) mass is 312 g/mol. The first kappa shape index (κ1) is 17.3. The number of rotatable bonds is 6. The number of primary amides is 1. The lowest BCUT2D eigenvalue weighted by atomic mass is 10.2. The minimum atomic E-state index is -0.522. The van der Waals surface area contributed by atoms with Crippen molar-refractivity contribution in [1.82, 2.24) is 4.90 Å². The molecule has 0 aliphatic carbocycles. The van der Waals surface area contributed by atoms with E-state index in [0.29, 0.717) is 16.4 Å². The fourth-order valence-electron chi connectivity index (χ4n) is 1.97. The third kappa shape index (κ3) is 4.91. The molecule has 0 fully saturated rings. The standard InChI is InChI=1S/C14H21ClN4O2/c1-8(2)19(7-13(17)20)9(3)14(21)18-12-5-4-10(16)6-11(12)15/h4-6,8-9H,7,16H2,1-3H3,(H2,17,20)(H,18,21). The molecule has 0 spiro atoms. The second-order valence-corrected chi connectivity index (χ2v) is 5.54. The molecule has 1 rings (SSSR count). The van der Waals surface area contributed by atoms with Gasteiger partial charge in [0.15, 0.2) is 0 Å². The van der Waals surface area contributed by atoms with Crippen molar-refractivity contribution in [3.63, 3.8) is 0 Å². The van der Waals surface area contributed by atoms with Crippen LogP contribution in [-0.4, -0.2) is 35.3 Å². The molecular weight excluding hydrogens is 292 g/mol. The van der Waals surface area contributed by atoms with Crippen LogP contribution in [0.5, 0.6) is 0 Å². The van der Waals surface area contributed by atoms with Crippen molar-refractivity contribution in [3.8, 4) is 0 Å².